The number of carboxylic acid groups (broad SMARTS) is 1. The summed E-state index contributed by atoms with van der Waals surface area (Å²) < 4.78 is 22.7. The van der Waals surface area contributed by atoms with Crippen molar-refractivity contribution in [3.63, 3.8) is 0 Å². The number of nitrogens with zero attached hydrogens (tertiary/aromatic N) is 2. The van der Waals surface area contributed by atoms with Gasteiger partial charge in [0.25, 0.3) is 0 Å². The van der Waals surface area contributed by atoms with E-state index in [2.05, 4.69) is 15.3 Å². The Kier molecular flexibility index (Phi) is 10.3. The summed E-state index contributed by atoms with van der Waals surface area (Å²) in [6.45, 7) is 0.430. The fourth-order valence-corrected chi connectivity index (χ4v) is 5.19. The number of likely N-dealkylation sites (N-methyl/N-ethyl adjacent to an activating group) is 1. The van der Waals surface area contributed by atoms with Gasteiger partial charge in [0.05, 0.1) is 12.6 Å². The van der Waals surface area contributed by atoms with Crippen molar-refractivity contribution in [1.82, 2.24) is 5.32 Å². The maximum atomic E-state index is 12.3. The number of hydrogen-bond acceptors (Lipinski definition) is 15. The Labute approximate surface area is 233 Å². The number of carboxylic acids is 1. The molecule has 3 fully saturated rings. The molecule has 41 heavy (non-hydrogen) atoms. The minimum Gasteiger partial charge on any atom is -0.479 e. The first kappa shape index (κ1) is 33.0. The quantitative estimate of drug-likeness (QED) is 0.0866. The molecule has 1 saturated carbocycles. The van der Waals surface area contributed by atoms with E-state index in [1.807, 2.05) is 0 Å². The van der Waals surface area contributed by atoms with Crippen LogP contribution in [0, 0.1) is 0 Å². The van der Waals surface area contributed by atoms with Gasteiger partial charge in [0, 0.05) is 0 Å². The fourth-order valence-electron chi connectivity index (χ4n) is 5.19. The Morgan fingerprint density at radius 3 is 1.98 bits per heavy atom. The average Bonchev–Trinajstić information content (AvgIpc) is 3.14. The molecule has 2 saturated heterocycles. The van der Waals surface area contributed by atoms with Crippen LogP contribution in [0.1, 0.15) is 6.92 Å². The number of aliphatic hydroxyl groups excluding tert-OH is 6. The molecule has 17 N–H and O–H groups in total. The number of guanidine groups is 2. The summed E-state index contributed by atoms with van der Waals surface area (Å²) in [4.78, 5) is 19.8. The molecule has 0 bridgehead atoms. The topological polar surface area (TPSA) is 357 Å². The second-order valence-corrected chi connectivity index (χ2v) is 10.0. The summed E-state index contributed by atoms with van der Waals surface area (Å²) >= 11 is 0. The number of rotatable bonds is 9. The van der Waals surface area contributed by atoms with Crippen molar-refractivity contribution in [3.8, 4) is 0 Å². The van der Waals surface area contributed by atoms with E-state index in [1.54, 1.807) is 0 Å². The SMILES string of the molecule is CN[C@@H]1[C@H](O[C@@H]2[C@@H](O[C@H]3[C@H](O)[C@@H](O)[C@H](N=C(N)N)[C@@H](O)[C@@H]3N=C(N)N)O[C@H](C)[C@@]2(O)C(=O)O)O[C@@H](CO)[C@H](O)[C@H]1O. The third kappa shape index (κ3) is 6.18. The van der Waals surface area contributed by atoms with Crippen LogP contribution in [0.15, 0.2) is 9.98 Å². The molecule has 15 atom stereocenters. The highest BCUT2D eigenvalue weighted by atomic mass is 16.8. The van der Waals surface area contributed by atoms with Crippen LogP contribution in [0.4, 0.5) is 0 Å². The number of aliphatic hydroxyl groups is 7. The molecule has 236 valence electrons. The molecule has 2 aliphatic heterocycles. The van der Waals surface area contributed by atoms with E-state index in [0.29, 0.717) is 0 Å². The minimum absolute atomic E-state index is 0.531. The summed E-state index contributed by atoms with van der Waals surface area (Å²) in [5.41, 5.74) is 18.9. The summed E-state index contributed by atoms with van der Waals surface area (Å²) in [5.74, 6) is -2.91. The zero-order chi connectivity index (χ0) is 31.0. The van der Waals surface area contributed by atoms with Crippen molar-refractivity contribution >= 4 is 17.9 Å². The van der Waals surface area contributed by atoms with Gasteiger partial charge >= 0.3 is 5.97 Å². The van der Waals surface area contributed by atoms with Gasteiger partial charge in [0.2, 0.25) is 5.60 Å². The lowest BCUT2D eigenvalue weighted by Crippen LogP contribution is -2.67. The van der Waals surface area contributed by atoms with Crippen molar-refractivity contribution in [3.05, 3.63) is 0 Å². The molecular weight excluding hydrogens is 558 g/mol. The van der Waals surface area contributed by atoms with Crippen LogP contribution in [-0.4, -0.2) is 164 Å². The molecule has 20 nitrogen and oxygen atoms in total. The highest BCUT2D eigenvalue weighted by Gasteiger charge is 2.64. The predicted octanol–water partition coefficient (Wildman–Crippen LogP) is -8.28. The van der Waals surface area contributed by atoms with E-state index in [-0.39, 0.29) is 0 Å². The van der Waals surface area contributed by atoms with Gasteiger partial charge in [-0.1, -0.05) is 0 Å². The van der Waals surface area contributed by atoms with Crippen LogP contribution < -0.4 is 28.3 Å². The first-order valence-electron chi connectivity index (χ1n) is 12.5. The van der Waals surface area contributed by atoms with Crippen molar-refractivity contribution in [2.45, 2.75) is 98.2 Å². The second-order valence-electron chi connectivity index (χ2n) is 10.0. The van der Waals surface area contributed by atoms with E-state index in [1.165, 1.54) is 14.0 Å². The number of nitrogens with one attached hydrogen (secondary N) is 1. The molecule has 0 aromatic heterocycles. The zero-order valence-corrected chi connectivity index (χ0v) is 22.1. The molecule has 0 radical (unpaired) electrons. The van der Waals surface area contributed by atoms with E-state index in [4.69, 9.17) is 41.9 Å². The van der Waals surface area contributed by atoms with E-state index in [0.717, 1.165) is 0 Å². The summed E-state index contributed by atoms with van der Waals surface area (Å²) in [6, 6.07) is -4.28. The summed E-state index contributed by atoms with van der Waals surface area (Å²) in [7, 11) is 1.37. The number of aliphatic carboxylic acids is 1. The van der Waals surface area contributed by atoms with Gasteiger partial charge in [-0.2, -0.15) is 0 Å². The molecule has 0 aromatic carbocycles. The zero-order valence-electron chi connectivity index (χ0n) is 22.1. The molecule has 0 aromatic rings. The standard InChI is InChI=1S/C21H39N7O13/c1-4-21(37,18(35)36)15(41-16-8(26-2)12(33)9(30)5(3-29)39-16)17(38-4)40-14-7(28-20(24)25)10(31)6(27-19(22)23)11(32)13(14)34/h4-17,26,29-34,37H,3H2,1-2H3,(H,35,36)(H4,22,23,27)(H4,24,25,28)/t4-,5+,6-,7+,8+,9+,10-,11+,12+,13-,14-,15-,16+,17-,21+/m1/s1. The lowest BCUT2D eigenvalue weighted by Gasteiger charge is -2.45. The molecule has 0 amide bonds. The van der Waals surface area contributed by atoms with E-state index in [9.17, 15) is 45.6 Å². The van der Waals surface area contributed by atoms with Gasteiger partial charge in [-0.3, -0.25) is 0 Å². The largest absolute Gasteiger partial charge is 0.479 e. The number of nitrogens with two attached hydrogens (primary N) is 4. The van der Waals surface area contributed by atoms with Crippen molar-refractivity contribution < 1.29 is 64.6 Å². The van der Waals surface area contributed by atoms with E-state index >= 15 is 0 Å². The Balaban J connectivity index is 2.00. The first-order chi connectivity index (χ1) is 19.1. The highest BCUT2D eigenvalue weighted by Crippen LogP contribution is 2.39. The van der Waals surface area contributed by atoms with Crippen LogP contribution in [0.3, 0.4) is 0 Å². The highest BCUT2D eigenvalue weighted by molar-refractivity contribution is 5.79. The number of ether oxygens (including phenoxy) is 4. The van der Waals surface area contributed by atoms with Gasteiger partial charge in [0.1, 0.15) is 60.9 Å². The smallest absolute Gasteiger partial charge is 0.341 e. The monoisotopic (exact) mass is 597 g/mol. The predicted molar refractivity (Wildman–Crippen MR) is 134 cm³/mol. The number of carbonyl (C=O) groups is 1. The number of hydrogen-bond donors (Lipinski definition) is 13. The minimum atomic E-state index is -2.83. The molecule has 2 heterocycles. The molecule has 1 aliphatic carbocycles. The Morgan fingerprint density at radius 2 is 1.46 bits per heavy atom. The molecular formula is C21H39N7O13. The Bertz CT molecular complexity index is 985. The maximum Gasteiger partial charge on any atom is 0.341 e. The lowest BCUT2D eigenvalue weighted by molar-refractivity contribution is -0.315. The average molecular weight is 598 g/mol. The molecule has 20 heteroatoms. The molecule has 0 spiro atoms. The fraction of sp³-hybridized carbons (Fsp3) is 0.857. The van der Waals surface area contributed by atoms with Crippen LogP contribution in [0.2, 0.25) is 0 Å². The summed E-state index contributed by atoms with van der Waals surface area (Å²) in [6.07, 6.45) is -18.7. The van der Waals surface area contributed by atoms with Crippen LogP contribution in [-0.2, 0) is 23.7 Å². The van der Waals surface area contributed by atoms with Gasteiger partial charge in [0.15, 0.2) is 30.6 Å². The third-order valence-corrected chi connectivity index (χ3v) is 7.44. The maximum absolute atomic E-state index is 12.3. The van der Waals surface area contributed by atoms with Crippen molar-refractivity contribution in [2.75, 3.05) is 13.7 Å². The molecule has 0 unspecified atom stereocenters. The Morgan fingerprint density at radius 1 is 0.878 bits per heavy atom. The lowest BCUT2D eigenvalue weighted by atomic mass is 9.81. The van der Waals surface area contributed by atoms with Crippen molar-refractivity contribution in [1.29, 1.82) is 0 Å². The van der Waals surface area contributed by atoms with Gasteiger partial charge in [-0.25, -0.2) is 14.8 Å². The van der Waals surface area contributed by atoms with Crippen LogP contribution >= 0.6 is 0 Å². The van der Waals surface area contributed by atoms with Gasteiger partial charge in [-0.15, -0.1) is 0 Å². The van der Waals surface area contributed by atoms with Crippen molar-refractivity contribution in [2.24, 2.45) is 32.9 Å². The molecule has 3 aliphatic rings. The molecule has 3 rings (SSSR count). The van der Waals surface area contributed by atoms with Crippen LogP contribution in [0.5, 0.6) is 0 Å². The van der Waals surface area contributed by atoms with Crippen LogP contribution in [0.25, 0.3) is 0 Å². The summed E-state index contributed by atoms with van der Waals surface area (Å²) in [5, 5.41) is 86.6. The second kappa shape index (κ2) is 12.8. The Hall–Kier alpha value is -2.47. The normalized spacial score (nSPS) is 46.6. The third-order valence-electron chi connectivity index (χ3n) is 7.44. The van der Waals surface area contributed by atoms with E-state index < -0.39 is 116 Å². The van der Waals surface area contributed by atoms with Gasteiger partial charge in [-0.05, 0) is 14.0 Å². The first-order valence-corrected chi connectivity index (χ1v) is 12.5. The van der Waals surface area contributed by atoms with Gasteiger partial charge < -0.3 is 88.1 Å². The number of aliphatic imine (C=N–C) groups is 2.